The van der Waals surface area contributed by atoms with E-state index in [2.05, 4.69) is 0 Å². The molecular weight excluding hydrogens is 197 g/mol. The quantitative estimate of drug-likeness (QED) is 0.366. The fourth-order valence-corrected chi connectivity index (χ4v) is 1.11. The van der Waals surface area contributed by atoms with Gasteiger partial charge in [-0.2, -0.15) is 0 Å². The van der Waals surface area contributed by atoms with E-state index in [4.69, 9.17) is 20.6 Å². The predicted octanol–water partition coefficient (Wildman–Crippen LogP) is -0.478. The first-order valence-corrected chi connectivity index (χ1v) is 5.23. The molecule has 0 aromatic rings. The molecule has 0 saturated heterocycles. The van der Waals surface area contributed by atoms with Crippen LogP contribution in [-0.2, 0) is 9.36 Å². The molecule has 0 aromatic heterocycles. The van der Waals surface area contributed by atoms with Crippen molar-refractivity contribution in [3.05, 3.63) is 11.6 Å². The monoisotopic (exact) mass is 209 g/mol. The predicted molar refractivity (Wildman–Crippen MR) is 46.3 cm³/mol. The fraction of sp³-hybridized carbons (Fsp3) is 0.500. The summed E-state index contributed by atoms with van der Waals surface area (Å²) >= 11 is 0. The van der Waals surface area contributed by atoms with Crippen LogP contribution in [0.3, 0.4) is 0 Å². The van der Waals surface area contributed by atoms with Crippen LogP contribution >= 0.6 is 7.60 Å². The van der Waals surface area contributed by atoms with Crippen LogP contribution < -0.4 is 5.73 Å². The molecule has 0 rings (SSSR count). The Hall–Kier alpha value is -0.680. The van der Waals surface area contributed by atoms with E-state index in [-0.39, 0.29) is 5.57 Å². The van der Waals surface area contributed by atoms with Crippen LogP contribution in [0.1, 0.15) is 6.92 Å². The van der Waals surface area contributed by atoms with E-state index in [0.717, 1.165) is 6.08 Å². The molecule has 1 unspecified atom stereocenters. The lowest BCUT2D eigenvalue weighted by Crippen LogP contribution is -2.31. The summed E-state index contributed by atoms with van der Waals surface area (Å²) in [5, 5.41) is 8.42. The third-order valence-electron chi connectivity index (χ3n) is 1.41. The Labute approximate surface area is 75.2 Å². The first-order valence-electron chi connectivity index (χ1n) is 3.43. The second kappa shape index (κ2) is 4.53. The standard InChI is InChI=1S/C6H12NO5P/c1-4(5(7)6(8)9)2-3-13(10,11)12/h2,5H,3,7H2,1H3,(H,8,9)(H2,10,11,12)/b4-2+. The van der Waals surface area contributed by atoms with E-state index in [9.17, 15) is 9.36 Å². The van der Waals surface area contributed by atoms with Gasteiger partial charge in [-0.1, -0.05) is 6.08 Å². The molecule has 13 heavy (non-hydrogen) atoms. The van der Waals surface area contributed by atoms with Crippen molar-refractivity contribution in [1.82, 2.24) is 0 Å². The second-order valence-electron chi connectivity index (χ2n) is 2.61. The zero-order valence-corrected chi connectivity index (χ0v) is 7.94. The molecule has 0 heterocycles. The number of allylic oxidation sites excluding steroid dienone is 1. The average Bonchev–Trinajstić information content (AvgIpc) is 1.97. The molecule has 76 valence electrons. The number of hydrogen-bond donors (Lipinski definition) is 4. The van der Waals surface area contributed by atoms with Gasteiger partial charge in [0.2, 0.25) is 0 Å². The number of carboxylic acids is 1. The van der Waals surface area contributed by atoms with Gasteiger partial charge in [0.1, 0.15) is 6.04 Å². The minimum atomic E-state index is -4.11. The number of hydrogen-bond acceptors (Lipinski definition) is 3. The molecule has 1 atom stereocenters. The number of rotatable bonds is 4. The summed E-state index contributed by atoms with van der Waals surface area (Å²) in [6.45, 7) is 1.41. The maximum atomic E-state index is 10.4. The largest absolute Gasteiger partial charge is 0.480 e. The van der Waals surface area contributed by atoms with Crippen LogP contribution in [0.4, 0.5) is 0 Å². The van der Waals surface area contributed by atoms with Gasteiger partial charge in [-0.25, -0.2) is 0 Å². The summed E-state index contributed by atoms with van der Waals surface area (Å²) in [4.78, 5) is 27.2. The van der Waals surface area contributed by atoms with Gasteiger partial charge in [0.25, 0.3) is 0 Å². The third-order valence-corrected chi connectivity index (χ3v) is 2.07. The lowest BCUT2D eigenvalue weighted by atomic mass is 10.1. The Balaban J connectivity index is 4.34. The van der Waals surface area contributed by atoms with Crippen molar-refractivity contribution >= 4 is 13.6 Å². The van der Waals surface area contributed by atoms with Crippen LogP contribution in [0.15, 0.2) is 11.6 Å². The molecule has 0 saturated carbocycles. The van der Waals surface area contributed by atoms with Crippen LogP contribution in [0.2, 0.25) is 0 Å². The maximum Gasteiger partial charge on any atom is 0.329 e. The van der Waals surface area contributed by atoms with Gasteiger partial charge < -0.3 is 20.6 Å². The SMILES string of the molecule is C/C(=C\CP(=O)(O)O)C(N)C(=O)O. The topological polar surface area (TPSA) is 121 Å². The Morgan fingerprint density at radius 3 is 2.38 bits per heavy atom. The summed E-state index contributed by atoms with van der Waals surface area (Å²) in [7, 11) is -4.11. The highest BCUT2D eigenvalue weighted by molar-refractivity contribution is 7.51. The van der Waals surface area contributed by atoms with Crippen molar-refractivity contribution in [2.45, 2.75) is 13.0 Å². The summed E-state index contributed by atoms with van der Waals surface area (Å²) in [6.07, 6.45) is 0.652. The highest BCUT2D eigenvalue weighted by atomic mass is 31.2. The van der Waals surface area contributed by atoms with Crippen molar-refractivity contribution in [1.29, 1.82) is 0 Å². The average molecular weight is 209 g/mol. The van der Waals surface area contributed by atoms with Gasteiger partial charge in [-0.05, 0) is 12.5 Å². The molecular formula is C6H12NO5P. The van der Waals surface area contributed by atoms with Gasteiger partial charge in [-0.15, -0.1) is 0 Å². The number of carbonyl (C=O) groups is 1. The summed E-state index contributed by atoms with van der Waals surface area (Å²) < 4.78 is 10.4. The van der Waals surface area contributed by atoms with E-state index in [1.807, 2.05) is 0 Å². The van der Waals surface area contributed by atoms with E-state index in [1.165, 1.54) is 6.92 Å². The lowest BCUT2D eigenvalue weighted by molar-refractivity contribution is -0.137. The summed E-state index contributed by atoms with van der Waals surface area (Å²) in [6, 6.07) is -1.20. The van der Waals surface area contributed by atoms with Crippen LogP contribution in [0.5, 0.6) is 0 Å². The van der Waals surface area contributed by atoms with Crippen LogP contribution in [0, 0.1) is 0 Å². The molecule has 0 aliphatic carbocycles. The summed E-state index contributed by atoms with van der Waals surface area (Å²) in [5.41, 5.74) is 5.40. The van der Waals surface area contributed by atoms with Gasteiger partial charge in [-0.3, -0.25) is 9.36 Å². The number of nitrogens with two attached hydrogens (primary N) is 1. The second-order valence-corrected chi connectivity index (χ2v) is 4.31. The lowest BCUT2D eigenvalue weighted by Gasteiger charge is -2.06. The molecule has 0 bridgehead atoms. The van der Waals surface area contributed by atoms with Gasteiger partial charge in [0, 0.05) is 0 Å². The Kier molecular flexibility index (Phi) is 4.29. The van der Waals surface area contributed by atoms with Gasteiger partial charge >= 0.3 is 13.6 Å². The maximum absolute atomic E-state index is 10.4. The highest BCUT2D eigenvalue weighted by Gasteiger charge is 2.15. The van der Waals surface area contributed by atoms with Crippen molar-refractivity contribution in [2.75, 3.05) is 6.16 Å². The zero-order valence-electron chi connectivity index (χ0n) is 7.04. The first kappa shape index (κ1) is 12.3. The van der Waals surface area contributed by atoms with Crippen LogP contribution in [-0.4, -0.2) is 33.1 Å². The van der Waals surface area contributed by atoms with E-state index >= 15 is 0 Å². The van der Waals surface area contributed by atoms with Crippen molar-refractivity contribution in [3.63, 3.8) is 0 Å². The Bertz CT molecular complexity index is 268. The minimum Gasteiger partial charge on any atom is -0.480 e. The van der Waals surface area contributed by atoms with Crippen molar-refractivity contribution < 1.29 is 24.3 Å². The minimum absolute atomic E-state index is 0.232. The zero-order chi connectivity index (χ0) is 10.6. The van der Waals surface area contributed by atoms with E-state index < -0.39 is 25.8 Å². The molecule has 6 nitrogen and oxygen atoms in total. The molecule has 0 aromatic carbocycles. The molecule has 0 spiro atoms. The van der Waals surface area contributed by atoms with Crippen molar-refractivity contribution in [3.8, 4) is 0 Å². The normalized spacial score (nSPS) is 15.5. The number of aliphatic carboxylic acids is 1. The van der Waals surface area contributed by atoms with Crippen LogP contribution in [0.25, 0.3) is 0 Å². The molecule has 7 heteroatoms. The molecule has 0 fully saturated rings. The Morgan fingerprint density at radius 1 is 1.62 bits per heavy atom. The van der Waals surface area contributed by atoms with Gasteiger partial charge in [0.05, 0.1) is 6.16 Å². The van der Waals surface area contributed by atoms with Crippen molar-refractivity contribution in [2.24, 2.45) is 5.73 Å². The molecule has 0 radical (unpaired) electrons. The highest BCUT2D eigenvalue weighted by Crippen LogP contribution is 2.34. The molecule has 0 amide bonds. The molecule has 0 aliphatic heterocycles. The first-order chi connectivity index (χ1) is 5.74. The molecule has 5 N–H and O–H groups in total. The fourth-order valence-electron chi connectivity index (χ4n) is 0.585. The summed E-state index contributed by atoms with van der Waals surface area (Å²) in [5.74, 6) is -1.22. The number of carboxylic acid groups (broad SMARTS) is 1. The smallest absolute Gasteiger partial charge is 0.329 e. The molecule has 0 aliphatic rings. The Morgan fingerprint density at radius 2 is 2.08 bits per heavy atom. The van der Waals surface area contributed by atoms with Gasteiger partial charge in [0.15, 0.2) is 0 Å². The third kappa shape index (κ3) is 5.54. The van der Waals surface area contributed by atoms with E-state index in [1.54, 1.807) is 0 Å². The van der Waals surface area contributed by atoms with E-state index in [0.29, 0.717) is 0 Å².